The Morgan fingerprint density at radius 2 is 1.83 bits per heavy atom. The van der Waals surface area contributed by atoms with E-state index in [0.717, 1.165) is 31.0 Å². The van der Waals surface area contributed by atoms with Gasteiger partial charge in [0.15, 0.2) is 0 Å². The molecule has 4 aromatic rings. The molecule has 2 aromatic heterocycles. The fourth-order valence-electron chi connectivity index (χ4n) is 4.57. The van der Waals surface area contributed by atoms with Gasteiger partial charge in [0.05, 0.1) is 23.0 Å². The fourth-order valence-corrected chi connectivity index (χ4v) is 4.74. The highest BCUT2D eigenvalue weighted by Crippen LogP contribution is 2.35. The number of fused-ring (bicyclic) bond motifs is 1. The summed E-state index contributed by atoms with van der Waals surface area (Å²) in [5.41, 5.74) is 0.875. The van der Waals surface area contributed by atoms with E-state index < -0.39 is 11.9 Å². The SMILES string of the molecule is O=C(NC1CCCC(Nc2cc(C(F)(F)F)nc3ccc(Cl)cc23)C1)c1cnn(-c2ccccc2)c1. The highest BCUT2D eigenvalue weighted by Gasteiger charge is 2.34. The van der Waals surface area contributed by atoms with Crippen molar-refractivity contribution in [3.63, 3.8) is 0 Å². The third-order valence-electron chi connectivity index (χ3n) is 6.30. The molecule has 0 radical (unpaired) electrons. The van der Waals surface area contributed by atoms with Gasteiger partial charge in [-0.1, -0.05) is 29.8 Å². The van der Waals surface area contributed by atoms with Gasteiger partial charge in [-0.25, -0.2) is 9.67 Å². The second-order valence-corrected chi connectivity index (χ2v) is 9.34. The Labute approximate surface area is 210 Å². The summed E-state index contributed by atoms with van der Waals surface area (Å²) in [6, 6.07) is 14.9. The molecule has 10 heteroatoms. The number of carbonyl (C=O) groups is 1. The van der Waals surface area contributed by atoms with Crippen LogP contribution in [0.4, 0.5) is 18.9 Å². The van der Waals surface area contributed by atoms with Crippen molar-refractivity contribution < 1.29 is 18.0 Å². The van der Waals surface area contributed by atoms with Crippen LogP contribution in [0.5, 0.6) is 0 Å². The second-order valence-electron chi connectivity index (χ2n) is 8.90. The Kier molecular flexibility index (Phi) is 6.57. The molecule has 1 aliphatic rings. The lowest BCUT2D eigenvalue weighted by molar-refractivity contribution is -0.140. The van der Waals surface area contributed by atoms with E-state index in [1.807, 2.05) is 30.3 Å². The van der Waals surface area contributed by atoms with Gasteiger partial charge in [0.1, 0.15) is 5.69 Å². The molecule has 5 rings (SSSR count). The van der Waals surface area contributed by atoms with Gasteiger partial charge in [-0.05, 0) is 62.1 Å². The number of aromatic nitrogens is 3. The zero-order valence-electron chi connectivity index (χ0n) is 19.1. The summed E-state index contributed by atoms with van der Waals surface area (Å²) in [6.07, 6.45) is 1.57. The van der Waals surface area contributed by atoms with E-state index in [0.29, 0.717) is 28.1 Å². The Bertz CT molecular complexity index is 1390. The number of rotatable bonds is 5. The van der Waals surface area contributed by atoms with Gasteiger partial charge in [0.2, 0.25) is 0 Å². The van der Waals surface area contributed by atoms with E-state index in [2.05, 4.69) is 20.7 Å². The minimum Gasteiger partial charge on any atom is -0.382 e. The van der Waals surface area contributed by atoms with Crippen LogP contribution in [0, 0.1) is 0 Å². The lowest BCUT2D eigenvalue weighted by Crippen LogP contribution is -2.41. The number of halogens is 4. The first-order valence-electron chi connectivity index (χ1n) is 11.6. The number of amides is 1. The summed E-state index contributed by atoms with van der Waals surface area (Å²) in [5, 5.41) is 11.5. The maximum Gasteiger partial charge on any atom is 0.433 e. The second kappa shape index (κ2) is 9.81. The van der Waals surface area contributed by atoms with Crippen molar-refractivity contribution >= 4 is 34.1 Å². The molecule has 2 atom stereocenters. The smallest absolute Gasteiger partial charge is 0.382 e. The first-order valence-corrected chi connectivity index (χ1v) is 12.0. The Morgan fingerprint density at radius 1 is 1.06 bits per heavy atom. The van der Waals surface area contributed by atoms with Crippen molar-refractivity contribution in [3.05, 3.63) is 83.3 Å². The Hall–Kier alpha value is -3.59. The Balaban J connectivity index is 1.30. The van der Waals surface area contributed by atoms with Crippen molar-refractivity contribution in [2.75, 3.05) is 5.32 Å². The quantitative estimate of drug-likeness (QED) is 0.331. The van der Waals surface area contributed by atoms with Crippen LogP contribution in [-0.2, 0) is 6.18 Å². The van der Waals surface area contributed by atoms with Crippen LogP contribution in [0.2, 0.25) is 5.02 Å². The van der Waals surface area contributed by atoms with Crippen molar-refractivity contribution in [1.82, 2.24) is 20.1 Å². The third-order valence-corrected chi connectivity index (χ3v) is 6.53. The highest BCUT2D eigenvalue weighted by atomic mass is 35.5. The number of nitrogens with zero attached hydrogens (tertiary/aromatic N) is 3. The van der Waals surface area contributed by atoms with Crippen molar-refractivity contribution in [3.8, 4) is 5.69 Å². The van der Waals surface area contributed by atoms with E-state index >= 15 is 0 Å². The lowest BCUT2D eigenvalue weighted by atomic mass is 9.90. The van der Waals surface area contributed by atoms with Crippen molar-refractivity contribution in [2.24, 2.45) is 0 Å². The van der Waals surface area contributed by atoms with Gasteiger partial charge in [-0.3, -0.25) is 4.79 Å². The molecule has 2 heterocycles. The monoisotopic (exact) mass is 513 g/mol. The zero-order valence-corrected chi connectivity index (χ0v) is 19.9. The molecule has 2 N–H and O–H groups in total. The van der Waals surface area contributed by atoms with Crippen LogP contribution in [0.1, 0.15) is 41.7 Å². The summed E-state index contributed by atoms with van der Waals surface area (Å²) in [6.45, 7) is 0. The predicted molar refractivity (Wildman–Crippen MR) is 132 cm³/mol. The van der Waals surface area contributed by atoms with Crippen LogP contribution in [0.3, 0.4) is 0 Å². The predicted octanol–water partition coefficient (Wildman–Crippen LogP) is 6.25. The van der Waals surface area contributed by atoms with Crippen LogP contribution >= 0.6 is 11.6 Å². The van der Waals surface area contributed by atoms with Crippen molar-refractivity contribution in [1.29, 1.82) is 0 Å². The molecule has 0 bridgehead atoms. The summed E-state index contributed by atoms with van der Waals surface area (Å²) in [4.78, 5) is 16.6. The van der Waals surface area contributed by atoms with E-state index in [1.54, 1.807) is 16.9 Å². The van der Waals surface area contributed by atoms with Crippen LogP contribution in [0.15, 0.2) is 67.0 Å². The van der Waals surface area contributed by atoms with Gasteiger partial charge in [0.25, 0.3) is 5.91 Å². The highest BCUT2D eigenvalue weighted by molar-refractivity contribution is 6.31. The molecule has 1 saturated carbocycles. The first-order chi connectivity index (χ1) is 17.3. The fraction of sp³-hybridized carbons (Fsp3) is 0.269. The molecule has 1 aliphatic carbocycles. The number of nitrogens with one attached hydrogen (secondary N) is 2. The summed E-state index contributed by atoms with van der Waals surface area (Å²) < 4.78 is 42.0. The zero-order chi connectivity index (χ0) is 25.3. The summed E-state index contributed by atoms with van der Waals surface area (Å²) >= 11 is 6.11. The largest absolute Gasteiger partial charge is 0.433 e. The molecule has 2 unspecified atom stereocenters. The summed E-state index contributed by atoms with van der Waals surface area (Å²) in [7, 11) is 0. The molecule has 2 aromatic carbocycles. The lowest BCUT2D eigenvalue weighted by Gasteiger charge is -2.31. The molecule has 6 nitrogen and oxygen atoms in total. The maximum atomic E-state index is 13.5. The van der Waals surface area contributed by atoms with E-state index in [-0.39, 0.29) is 23.5 Å². The topological polar surface area (TPSA) is 71.8 Å². The molecule has 0 aliphatic heterocycles. The number of alkyl halides is 3. The van der Waals surface area contributed by atoms with Crippen molar-refractivity contribution in [2.45, 2.75) is 43.9 Å². The molecule has 0 spiro atoms. The first kappa shape index (κ1) is 24.1. The molecule has 186 valence electrons. The van der Waals surface area contributed by atoms with Gasteiger partial charge in [0, 0.05) is 34.4 Å². The number of hydrogen-bond acceptors (Lipinski definition) is 4. The van der Waals surface area contributed by atoms with Crippen LogP contribution in [0.25, 0.3) is 16.6 Å². The average Bonchev–Trinajstić information content (AvgIpc) is 3.35. The minimum absolute atomic E-state index is 0.123. The number of para-hydroxylation sites is 1. The number of carbonyl (C=O) groups excluding carboxylic acids is 1. The number of anilines is 1. The number of hydrogen-bond donors (Lipinski definition) is 2. The maximum absolute atomic E-state index is 13.5. The third kappa shape index (κ3) is 5.31. The van der Waals surface area contributed by atoms with E-state index in [1.165, 1.54) is 18.3 Å². The van der Waals surface area contributed by atoms with Gasteiger partial charge in [-0.15, -0.1) is 0 Å². The molecule has 1 fully saturated rings. The van der Waals surface area contributed by atoms with Crippen LogP contribution < -0.4 is 10.6 Å². The number of pyridine rings is 1. The van der Waals surface area contributed by atoms with E-state index in [4.69, 9.17) is 11.6 Å². The normalized spacial score (nSPS) is 18.2. The van der Waals surface area contributed by atoms with Gasteiger partial charge in [-0.2, -0.15) is 18.3 Å². The standard InChI is InChI=1S/C26H23ClF3N5O/c27-17-9-10-22-21(11-17)23(13-24(34-22)26(28,29)30)32-18-5-4-6-19(12-18)33-25(36)16-14-31-35(15-16)20-7-2-1-3-8-20/h1-3,7-11,13-15,18-19H,4-6,12H2,(H,32,34)(H,33,36). The molecule has 1 amide bonds. The summed E-state index contributed by atoms with van der Waals surface area (Å²) in [5.74, 6) is -0.233. The molecule has 0 saturated heterocycles. The van der Waals surface area contributed by atoms with Gasteiger partial charge < -0.3 is 10.6 Å². The Morgan fingerprint density at radius 3 is 2.61 bits per heavy atom. The molecular formula is C26H23ClF3N5O. The molecular weight excluding hydrogens is 491 g/mol. The van der Waals surface area contributed by atoms with Crippen LogP contribution in [-0.4, -0.2) is 32.8 Å². The minimum atomic E-state index is -4.57. The van der Waals surface area contributed by atoms with E-state index in [9.17, 15) is 18.0 Å². The van der Waals surface area contributed by atoms with Gasteiger partial charge >= 0.3 is 6.18 Å². The number of benzene rings is 2. The molecule has 36 heavy (non-hydrogen) atoms. The average molecular weight is 514 g/mol.